The minimum Gasteiger partial charge on any atom is -0.508 e. The van der Waals surface area contributed by atoms with Gasteiger partial charge in [0.25, 0.3) is 0 Å². The number of phenolic OH excluding ortho intramolecular Hbond substituents is 2. The van der Waals surface area contributed by atoms with Gasteiger partial charge in [0.2, 0.25) is 47.3 Å². The van der Waals surface area contributed by atoms with Gasteiger partial charge < -0.3 is 94.0 Å². The van der Waals surface area contributed by atoms with Crippen LogP contribution in [0.25, 0.3) is 33.4 Å². The third-order valence-electron chi connectivity index (χ3n) is 16.9. The zero-order chi connectivity index (χ0) is 74.1. The Morgan fingerprint density at radius 3 is 1.92 bits per heavy atom. The van der Waals surface area contributed by atoms with Crippen LogP contribution in [0.2, 0.25) is 0 Å². The number of amides is 8. The topological polar surface area (TPSA) is 498 Å². The minimum absolute atomic E-state index is 0.0288. The summed E-state index contributed by atoms with van der Waals surface area (Å²) >= 11 is 5.58. The highest BCUT2D eigenvalue weighted by Gasteiger charge is 2.41. The molecule has 1 saturated heterocycles. The first kappa shape index (κ1) is 75.8. The van der Waals surface area contributed by atoms with Crippen LogP contribution in [0.15, 0.2) is 131 Å². The maximum atomic E-state index is 14.8. The molecule has 0 unspecified atom stereocenters. The predicted octanol–water partition coefficient (Wildman–Crippen LogP) is 2.22. The number of nitrogens with one attached hydrogen (secondary N) is 11. The smallest absolute Gasteiger partial charge is 0.336 e. The Balaban J connectivity index is 0.982. The molecule has 1 fully saturated rings. The summed E-state index contributed by atoms with van der Waals surface area (Å²) in [6, 6.07) is 15.6. The van der Waals surface area contributed by atoms with Crippen LogP contribution in [0.5, 0.6) is 11.5 Å². The standard InChI is InChI=1S/C70H81N15O16S/c1-35(2)58(83-60(90)48(12-8-24-75-69(72)73)78-61(91)50(32-56(71)89)82-70(102)77-39-16-21-44(47(28-39)67(97)98)57-45-22-19-42(87)30-54(45)101-55-31-43(88)20-23-46(55)57)64(94)79-49(26-38-14-17-41(86)18-15-38)62(92)84-59(36(3)4)65(95)80-51(29-40-33-74-34-76-40)66(96)85-25-9-13-53(85)63(93)81-52(68(99)100)27-37-10-6-5-7-11-37/h5-7,10-11,14-23,28,30-31,33-36,48-53,58-59,86-87H,8-9,12-13,24-27,29,32H2,1-4H3,(H2,71,89)(H,74,76)(H,78,91)(H,79,94)(H,80,95)(H,81,93)(H,83,90)(H,84,92)(H,97,98)(H,99,100)(H4,72,73,75)(H2,77,82,102)/t48-,49-,50-,51-,52-,53-,58-,59-/m0/s1. The van der Waals surface area contributed by atoms with E-state index in [2.05, 4.69) is 57.8 Å². The summed E-state index contributed by atoms with van der Waals surface area (Å²) in [7, 11) is 0. The fraction of sp³-hybridized carbons (Fsp3) is 0.343. The van der Waals surface area contributed by atoms with E-state index in [0.29, 0.717) is 39.8 Å². The SMILES string of the molecule is CC(C)[C@H](NC(=O)[C@H](CCCNC(=N)N)NC(=O)[C@H](CC(N)=O)NC(=S)Nc1ccc(-c2c3ccc(=O)cc-3oc3cc(O)ccc23)c(C(=O)O)c1)C(=O)N[C@@H](Cc1ccc(O)cc1)C(=O)N[C@H](C(=O)N[C@@H](Cc1cnc[nH]1)C(=O)N1CCC[C@H]1C(=O)N[C@@H](Cc1ccccc1)C(=O)O)C(C)C. The van der Waals surface area contributed by atoms with Crippen LogP contribution in [-0.4, -0.2) is 167 Å². The first-order valence-corrected chi connectivity index (χ1v) is 33.1. The Morgan fingerprint density at radius 1 is 0.676 bits per heavy atom. The van der Waals surface area contributed by atoms with E-state index in [1.165, 1.54) is 96.3 Å². The number of phenols is 2. The summed E-state index contributed by atoms with van der Waals surface area (Å²) in [6.45, 7) is 6.55. The number of aromatic hydroxyl groups is 2. The summed E-state index contributed by atoms with van der Waals surface area (Å²) in [6.07, 6.45) is 2.16. The van der Waals surface area contributed by atoms with E-state index >= 15 is 0 Å². The Kier molecular flexibility index (Phi) is 25.8. The minimum atomic E-state index is -1.59. The van der Waals surface area contributed by atoms with Crippen LogP contribution in [0.3, 0.4) is 0 Å². The molecule has 3 aliphatic rings. The van der Waals surface area contributed by atoms with Crippen molar-refractivity contribution in [3.05, 3.63) is 154 Å². The van der Waals surface area contributed by atoms with Gasteiger partial charge in [0.05, 0.1) is 18.3 Å². The van der Waals surface area contributed by atoms with Crippen LogP contribution >= 0.6 is 12.2 Å². The molecule has 8 atom stereocenters. The number of hydrogen-bond acceptors (Lipinski definition) is 17. The Labute approximate surface area is 589 Å². The average molecular weight is 1420 g/mol. The molecule has 5 aromatic rings. The quantitative estimate of drug-likeness (QED) is 0.00945. The monoisotopic (exact) mass is 1420 g/mol. The van der Waals surface area contributed by atoms with Gasteiger partial charge in [-0.1, -0.05) is 76.2 Å². The van der Waals surface area contributed by atoms with Crippen molar-refractivity contribution in [2.75, 3.05) is 18.4 Å². The van der Waals surface area contributed by atoms with Crippen LogP contribution < -0.4 is 64.7 Å². The Morgan fingerprint density at radius 2 is 1.29 bits per heavy atom. The molecule has 1 aromatic heterocycles. The van der Waals surface area contributed by atoms with Gasteiger partial charge in [-0.2, -0.15) is 0 Å². The second kappa shape index (κ2) is 34.7. The fourth-order valence-corrected chi connectivity index (χ4v) is 12.0. The number of thiocarbonyl (C=S) groups is 1. The molecule has 31 nitrogen and oxygen atoms in total. The number of guanidine groups is 1. The number of benzene rings is 5. The zero-order valence-electron chi connectivity index (χ0n) is 56.0. The van der Waals surface area contributed by atoms with Gasteiger partial charge in [-0.05, 0) is 115 Å². The molecule has 102 heavy (non-hydrogen) atoms. The third kappa shape index (κ3) is 20.4. The number of carbonyl (C=O) groups is 10. The molecular formula is C70H81N15O16S. The van der Waals surface area contributed by atoms with Crippen molar-refractivity contribution in [2.24, 2.45) is 23.3 Å². The van der Waals surface area contributed by atoms with Gasteiger partial charge in [0.1, 0.15) is 71.2 Å². The second-order valence-corrected chi connectivity index (χ2v) is 25.7. The number of anilines is 1. The number of fused-ring (bicyclic) bond motifs is 2. The van der Waals surface area contributed by atoms with Crippen LogP contribution in [0.1, 0.15) is 87.0 Å². The van der Waals surface area contributed by atoms with Gasteiger partial charge in [-0.3, -0.25) is 48.6 Å². The number of carbonyl (C=O) groups excluding carboxylic acids is 8. The van der Waals surface area contributed by atoms with Crippen LogP contribution in [0.4, 0.5) is 5.69 Å². The van der Waals surface area contributed by atoms with E-state index in [1.807, 2.05) is 0 Å². The number of aliphatic carboxylic acids is 1. The third-order valence-corrected chi connectivity index (χ3v) is 17.2. The largest absolute Gasteiger partial charge is 0.508 e. The predicted molar refractivity (Wildman–Crippen MR) is 377 cm³/mol. The summed E-state index contributed by atoms with van der Waals surface area (Å²) in [5.41, 5.74) is 13.2. The lowest BCUT2D eigenvalue weighted by Gasteiger charge is -2.31. The average Bonchev–Trinajstić information content (AvgIpc) is 0.902. The number of H-pyrrole nitrogens is 1. The molecule has 538 valence electrons. The molecule has 32 heteroatoms. The molecule has 0 spiro atoms. The summed E-state index contributed by atoms with van der Waals surface area (Å²) in [5.74, 6) is -11.5. The van der Waals surface area contributed by atoms with Crippen molar-refractivity contribution in [1.82, 2.24) is 57.4 Å². The highest BCUT2D eigenvalue weighted by atomic mass is 32.1. The number of aromatic amines is 1. The lowest BCUT2D eigenvalue weighted by atomic mass is 9.90. The van der Waals surface area contributed by atoms with Crippen molar-refractivity contribution in [3.63, 3.8) is 0 Å². The second-order valence-electron chi connectivity index (χ2n) is 25.3. The van der Waals surface area contributed by atoms with Gasteiger partial charge >= 0.3 is 11.9 Å². The molecule has 1 aliphatic carbocycles. The van der Waals surface area contributed by atoms with E-state index in [-0.39, 0.29) is 102 Å². The number of aromatic nitrogens is 2. The van der Waals surface area contributed by atoms with E-state index in [1.54, 1.807) is 58.0 Å². The molecule has 3 heterocycles. The van der Waals surface area contributed by atoms with E-state index in [0.717, 1.165) is 0 Å². The number of likely N-dealkylation sites (tertiary alicyclic amines) is 1. The first-order chi connectivity index (χ1) is 48.5. The number of hydrogen-bond donors (Lipinski definition) is 17. The Hall–Kier alpha value is -12.0. The highest BCUT2D eigenvalue weighted by Crippen LogP contribution is 2.42. The number of carboxylic acids is 2. The summed E-state index contributed by atoms with van der Waals surface area (Å²) < 4.78 is 5.93. The number of carboxylic acid groups (broad SMARTS) is 2. The van der Waals surface area contributed by atoms with Gasteiger partial charge in [0.15, 0.2) is 16.5 Å². The number of aromatic carboxylic acids is 1. The van der Waals surface area contributed by atoms with Crippen molar-refractivity contribution >= 4 is 99.1 Å². The first-order valence-electron chi connectivity index (χ1n) is 32.7. The highest BCUT2D eigenvalue weighted by molar-refractivity contribution is 7.80. The molecule has 4 aromatic carbocycles. The zero-order valence-corrected chi connectivity index (χ0v) is 56.9. The molecule has 8 rings (SSSR count). The van der Waals surface area contributed by atoms with Crippen molar-refractivity contribution in [3.8, 4) is 33.9 Å². The van der Waals surface area contributed by atoms with E-state index in [9.17, 15) is 73.2 Å². The maximum Gasteiger partial charge on any atom is 0.336 e. The van der Waals surface area contributed by atoms with Gasteiger partial charge in [-0.15, -0.1) is 0 Å². The number of nitrogens with two attached hydrogens (primary N) is 2. The molecular weight excluding hydrogens is 1340 g/mol. The molecule has 0 radical (unpaired) electrons. The fourth-order valence-electron chi connectivity index (χ4n) is 11.8. The maximum absolute atomic E-state index is 14.8. The van der Waals surface area contributed by atoms with Crippen molar-refractivity contribution in [1.29, 1.82) is 5.41 Å². The Bertz CT molecular complexity index is 4290. The molecule has 2 aliphatic heterocycles. The normalized spacial score (nSPS) is 14.8. The molecule has 0 saturated carbocycles. The number of rotatable bonds is 32. The van der Waals surface area contributed by atoms with Crippen LogP contribution in [0, 0.1) is 17.2 Å². The summed E-state index contributed by atoms with van der Waals surface area (Å²) in [5, 5.41) is 73.1. The van der Waals surface area contributed by atoms with Gasteiger partial charge in [-0.25, -0.2) is 14.6 Å². The summed E-state index contributed by atoms with van der Waals surface area (Å²) in [4.78, 5) is 160. The van der Waals surface area contributed by atoms with Crippen molar-refractivity contribution < 1.29 is 72.8 Å². The van der Waals surface area contributed by atoms with E-state index in [4.69, 9.17) is 33.5 Å². The van der Waals surface area contributed by atoms with Gasteiger partial charge in [0, 0.05) is 78.6 Å². The molecule has 19 N–H and O–H groups in total. The molecule has 8 amide bonds. The number of nitrogens with zero attached hydrogens (tertiary/aromatic N) is 2. The lowest BCUT2D eigenvalue weighted by Crippen LogP contribution is -2.62. The van der Waals surface area contributed by atoms with E-state index < -0.39 is 132 Å². The number of primary amides is 1. The van der Waals surface area contributed by atoms with Crippen LogP contribution in [-0.2, 0) is 62.4 Å². The van der Waals surface area contributed by atoms with Crippen molar-refractivity contribution in [2.45, 2.75) is 127 Å². The lowest BCUT2D eigenvalue weighted by molar-refractivity contribution is -0.145. The molecule has 0 bridgehead atoms. The number of imidazole rings is 1.